The number of alkyl halides is 1. The number of nitrogens with one attached hydrogen (secondary N) is 1. The van der Waals surface area contributed by atoms with E-state index in [9.17, 15) is 18.8 Å². The van der Waals surface area contributed by atoms with Gasteiger partial charge >= 0.3 is 18.0 Å². The number of hydrogen-bond donors (Lipinski definition) is 2. The van der Waals surface area contributed by atoms with Crippen LogP contribution < -0.4 is 5.32 Å². The van der Waals surface area contributed by atoms with E-state index in [1.165, 1.54) is 12.1 Å². The molecule has 0 saturated carbocycles. The summed E-state index contributed by atoms with van der Waals surface area (Å²) in [7, 11) is 1.16. The van der Waals surface area contributed by atoms with Crippen LogP contribution in [0.1, 0.15) is 24.8 Å². The van der Waals surface area contributed by atoms with Crippen LogP contribution in [0.5, 0.6) is 0 Å². The monoisotopic (exact) mass is 313 g/mol. The number of carboxylic acids is 1. The Hall–Kier alpha value is -2.64. The lowest BCUT2D eigenvalue weighted by Crippen LogP contribution is -2.41. The van der Waals surface area contributed by atoms with Crippen LogP contribution >= 0.6 is 0 Å². The van der Waals surface area contributed by atoms with Crippen LogP contribution in [0.3, 0.4) is 0 Å². The molecule has 1 aromatic rings. The maximum Gasteiger partial charge on any atom is 0.410 e. The summed E-state index contributed by atoms with van der Waals surface area (Å²) < 4.78 is 22.5. The van der Waals surface area contributed by atoms with Crippen LogP contribution in [0.25, 0.3) is 0 Å². The summed E-state index contributed by atoms with van der Waals surface area (Å²) in [5.41, 5.74) is 0.124. The maximum absolute atomic E-state index is 13.7. The van der Waals surface area contributed by atoms with E-state index in [1.54, 1.807) is 18.2 Å². The molecule has 0 fully saturated rings. The summed E-state index contributed by atoms with van der Waals surface area (Å²) in [6.45, 7) is 0. The Balaban J connectivity index is 2.53. The highest BCUT2D eigenvalue weighted by atomic mass is 19.1. The molecule has 0 aliphatic carbocycles. The fourth-order valence-corrected chi connectivity index (χ4v) is 1.56. The van der Waals surface area contributed by atoms with Gasteiger partial charge in [-0.05, 0) is 6.42 Å². The molecule has 120 valence electrons. The average Bonchev–Trinajstić information content (AvgIpc) is 2.51. The third-order valence-electron chi connectivity index (χ3n) is 2.73. The number of carbonyl (C=O) groups excluding carboxylic acids is 2. The van der Waals surface area contributed by atoms with Gasteiger partial charge in [0.25, 0.3) is 6.36 Å². The summed E-state index contributed by atoms with van der Waals surface area (Å²) in [5.74, 6) is -1.98. The van der Waals surface area contributed by atoms with Crippen molar-refractivity contribution in [3.8, 4) is 0 Å². The van der Waals surface area contributed by atoms with Crippen molar-refractivity contribution in [1.29, 1.82) is 0 Å². The van der Waals surface area contributed by atoms with Crippen LogP contribution in [0.4, 0.5) is 9.18 Å². The van der Waals surface area contributed by atoms with Gasteiger partial charge in [-0.1, -0.05) is 30.3 Å². The summed E-state index contributed by atoms with van der Waals surface area (Å²) in [4.78, 5) is 33.4. The highest BCUT2D eigenvalue weighted by molar-refractivity contribution is 5.80. The predicted octanol–water partition coefficient (Wildman–Crippen LogP) is 1.79. The number of amides is 1. The van der Waals surface area contributed by atoms with Crippen molar-refractivity contribution in [3.63, 3.8) is 0 Å². The van der Waals surface area contributed by atoms with E-state index in [2.05, 4.69) is 9.47 Å². The molecule has 2 atom stereocenters. The molecular weight excluding hydrogens is 297 g/mol. The lowest BCUT2D eigenvalue weighted by Gasteiger charge is -2.15. The second-order valence-electron chi connectivity index (χ2n) is 4.28. The van der Waals surface area contributed by atoms with Gasteiger partial charge in [0, 0.05) is 12.0 Å². The van der Waals surface area contributed by atoms with E-state index in [4.69, 9.17) is 5.11 Å². The number of carbonyl (C=O) groups is 3. The van der Waals surface area contributed by atoms with Crippen molar-refractivity contribution in [2.45, 2.75) is 25.2 Å². The molecule has 7 nitrogen and oxygen atoms in total. The zero-order valence-electron chi connectivity index (χ0n) is 11.8. The first-order valence-electron chi connectivity index (χ1n) is 6.39. The van der Waals surface area contributed by atoms with Crippen LogP contribution in [-0.2, 0) is 19.1 Å². The number of alkyl carbamates (subject to hydrolysis) is 1. The molecule has 1 rings (SSSR count). The number of aliphatic carboxylic acids is 1. The van der Waals surface area contributed by atoms with Gasteiger partial charge in [-0.3, -0.25) is 4.79 Å². The average molecular weight is 313 g/mol. The Kier molecular flexibility index (Phi) is 6.81. The van der Waals surface area contributed by atoms with Crippen LogP contribution in [0.15, 0.2) is 30.3 Å². The van der Waals surface area contributed by atoms with E-state index in [0.717, 1.165) is 7.11 Å². The molecule has 1 unspecified atom stereocenters. The van der Waals surface area contributed by atoms with Crippen LogP contribution in [0.2, 0.25) is 0 Å². The van der Waals surface area contributed by atoms with Gasteiger partial charge in [0.1, 0.15) is 6.04 Å². The first-order valence-corrected chi connectivity index (χ1v) is 6.39. The van der Waals surface area contributed by atoms with E-state index in [1.807, 2.05) is 5.32 Å². The number of esters is 1. The van der Waals surface area contributed by atoms with Crippen LogP contribution in [-0.4, -0.2) is 36.3 Å². The number of halogens is 1. The topological polar surface area (TPSA) is 102 Å². The van der Waals surface area contributed by atoms with E-state index in [0.29, 0.717) is 0 Å². The van der Waals surface area contributed by atoms with E-state index >= 15 is 0 Å². The zero-order chi connectivity index (χ0) is 16.5. The minimum Gasteiger partial charge on any atom is -0.480 e. The number of hydrogen-bond acceptors (Lipinski definition) is 5. The molecular formula is C14H16FNO6. The number of methoxy groups -OCH3 is 1. The summed E-state index contributed by atoms with van der Waals surface area (Å²) in [6.07, 6.45) is -3.64. The molecule has 1 aromatic carbocycles. The summed E-state index contributed by atoms with van der Waals surface area (Å²) in [5, 5.41) is 10.9. The van der Waals surface area contributed by atoms with Gasteiger partial charge < -0.3 is 19.9 Å². The molecule has 0 aliphatic heterocycles. The maximum atomic E-state index is 13.7. The second-order valence-corrected chi connectivity index (χ2v) is 4.28. The number of ether oxygens (including phenoxy) is 2. The lowest BCUT2D eigenvalue weighted by molar-refractivity contribution is -0.142. The van der Waals surface area contributed by atoms with Crippen molar-refractivity contribution < 1.29 is 33.4 Å². The molecule has 22 heavy (non-hydrogen) atoms. The van der Waals surface area contributed by atoms with Crippen LogP contribution in [0, 0.1) is 0 Å². The Morgan fingerprint density at radius 3 is 2.45 bits per heavy atom. The van der Waals surface area contributed by atoms with Gasteiger partial charge in [-0.25, -0.2) is 9.59 Å². The molecule has 1 amide bonds. The molecule has 0 saturated heterocycles. The van der Waals surface area contributed by atoms with Gasteiger partial charge in [-0.2, -0.15) is 4.39 Å². The fraction of sp³-hybridized carbons (Fsp3) is 0.357. The first-order chi connectivity index (χ1) is 10.4. The molecule has 2 N–H and O–H groups in total. The minimum atomic E-state index is -2.02. The minimum absolute atomic E-state index is 0.124. The third-order valence-corrected chi connectivity index (χ3v) is 2.73. The molecule has 0 aromatic heterocycles. The van der Waals surface area contributed by atoms with Gasteiger partial charge in [0.15, 0.2) is 0 Å². The van der Waals surface area contributed by atoms with E-state index < -0.39 is 30.4 Å². The van der Waals surface area contributed by atoms with Crippen molar-refractivity contribution in [3.05, 3.63) is 35.9 Å². The number of benzene rings is 1. The van der Waals surface area contributed by atoms with Crippen molar-refractivity contribution in [2.24, 2.45) is 0 Å². The fourth-order valence-electron chi connectivity index (χ4n) is 1.56. The quantitative estimate of drug-likeness (QED) is 0.744. The van der Waals surface area contributed by atoms with Crippen molar-refractivity contribution >= 4 is 18.0 Å². The standard InChI is InChI=1S/C14H16FNO6/c1-21-11(17)8-7-10(13(18)19)16-14(20)22-12(15)9-5-3-2-4-6-9/h2-6,10,12H,7-8H2,1H3,(H,16,20)(H,18,19)/t10-,12?/m0/s1. The zero-order valence-corrected chi connectivity index (χ0v) is 11.8. The van der Waals surface area contributed by atoms with E-state index in [-0.39, 0.29) is 18.4 Å². The third kappa shape index (κ3) is 5.78. The smallest absolute Gasteiger partial charge is 0.410 e. The number of carboxylic acid groups (broad SMARTS) is 1. The molecule has 0 spiro atoms. The molecule has 0 bridgehead atoms. The Morgan fingerprint density at radius 2 is 1.91 bits per heavy atom. The van der Waals surface area contributed by atoms with Crippen molar-refractivity contribution in [1.82, 2.24) is 5.32 Å². The SMILES string of the molecule is COC(=O)CC[C@H](NC(=O)OC(F)c1ccccc1)C(=O)O. The summed E-state index contributed by atoms with van der Waals surface area (Å²) >= 11 is 0. The lowest BCUT2D eigenvalue weighted by atomic mass is 10.1. The van der Waals surface area contributed by atoms with Gasteiger partial charge in [-0.15, -0.1) is 0 Å². The Labute approximate surface area is 126 Å². The molecule has 0 aliphatic rings. The molecule has 0 heterocycles. The highest BCUT2D eigenvalue weighted by Gasteiger charge is 2.24. The largest absolute Gasteiger partial charge is 0.480 e. The Bertz CT molecular complexity index is 521. The van der Waals surface area contributed by atoms with Crippen molar-refractivity contribution in [2.75, 3.05) is 7.11 Å². The Morgan fingerprint density at radius 1 is 1.27 bits per heavy atom. The molecule has 8 heteroatoms. The molecule has 0 radical (unpaired) electrons. The summed E-state index contributed by atoms with van der Waals surface area (Å²) in [6, 6.07) is 6.27. The predicted molar refractivity (Wildman–Crippen MR) is 72.6 cm³/mol. The number of rotatable bonds is 7. The first kappa shape index (κ1) is 17.4. The second kappa shape index (κ2) is 8.60. The van der Waals surface area contributed by atoms with Gasteiger partial charge in [0.2, 0.25) is 0 Å². The highest BCUT2D eigenvalue weighted by Crippen LogP contribution is 2.18. The van der Waals surface area contributed by atoms with Gasteiger partial charge in [0.05, 0.1) is 7.11 Å². The normalized spacial score (nSPS) is 12.8.